The molecule has 0 bridgehead atoms. The Morgan fingerprint density at radius 2 is 2.08 bits per heavy atom. The fraction of sp³-hybridized carbons (Fsp3) is 0.364. The van der Waals surface area contributed by atoms with Crippen LogP contribution in [0.15, 0.2) is 36.0 Å². The molecule has 0 N–H and O–H groups in total. The number of allylic oxidation sites excluding steroid dienone is 5. The fourth-order valence-corrected chi connectivity index (χ4v) is 0.856. The molecule has 0 heterocycles. The summed E-state index contributed by atoms with van der Waals surface area (Å²) in [6.45, 7) is 9.38. The Kier molecular flexibility index (Phi) is 5.02. The van der Waals surface area contributed by atoms with Gasteiger partial charge in [0.2, 0.25) is 0 Å². The Morgan fingerprint density at radius 1 is 1.50 bits per heavy atom. The van der Waals surface area contributed by atoms with Crippen LogP contribution in [0.2, 0.25) is 0 Å². The minimum Gasteiger partial charge on any atom is -0.294 e. The van der Waals surface area contributed by atoms with Gasteiger partial charge in [-0.15, -0.1) is 0 Å². The molecular weight excluding hydrogens is 148 g/mol. The summed E-state index contributed by atoms with van der Waals surface area (Å²) in [4.78, 5) is 11.3. The van der Waals surface area contributed by atoms with E-state index in [1.165, 1.54) is 0 Å². The van der Waals surface area contributed by atoms with Gasteiger partial charge in [-0.1, -0.05) is 31.7 Å². The van der Waals surface area contributed by atoms with E-state index in [4.69, 9.17) is 0 Å². The average molecular weight is 164 g/mol. The molecule has 12 heavy (non-hydrogen) atoms. The number of Topliss-reactive ketones (excluding diaryl/α,β-unsaturated/α-hetero) is 1. The second kappa shape index (κ2) is 5.53. The molecule has 0 atom stereocenters. The third kappa shape index (κ3) is 3.33. The monoisotopic (exact) mass is 164 g/mol. The zero-order chi connectivity index (χ0) is 9.56. The van der Waals surface area contributed by atoms with Crippen molar-refractivity contribution in [2.75, 3.05) is 0 Å². The molecule has 1 heteroatoms. The summed E-state index contributed by atoms with van der Waals surface area (Å²) in [6.07, 6.45) is 6.11. The largest absolute Gasteiger partial charge is 0.294 e. The van der Waals surface area contributed by atoms with E-state index >= 15 is 0 Å². The van der Waals surface area contributed by atoms with Gasteiger partial charge in [0.1, 0.15) is 0 Å². The van der Waals surface area contributed by atoms with Crippen molar-refractivity contribution < 1.29 is 4.79 Å². The van der Waals surface area contributed by atoms with Gasteiger partial charge in [0, 0.05) is 12.0 Å². The van der Waals surface area contributed by atoms with Gasteiger partial charge in [-0.3, -0.25) is 4.79 Å². The van der Waals surface area contributed by atoms with Gasteiger partial charge in [-0.05, 0) is 19.4 Å². The summed E-state index contributed by atoms with van der Waals surface area (Å²) in [7, 11) is 0. The van der Waals surface area contributed by atoms with Crippen molar-refractivity contribution in [1.29, 1.82) is 0 Å². The van der Waals surface area contributed by atoms with Crippen LogP contribution in [0, 0.1) is 0 Å². The van der Waals surface area contributed by atoms with Crippen LogP contribution in [-0.2, 0) is 4.79 Å². The summed E-state index contributed by atoms with van der Waals surface area (Å²) in [5.74, 6) is 0.153. The highest BCUT2D eigenvalue weighted by Gasteiger charge is 2.05. The summed E-state index contributed by atoms with van der Waals surface area (Å²) in [5.41, 5.74) is 1.57. The topological polar surface area (TPSA) is 17.1 Å². The van der Waals surface area contributed by atoms with Gasteiger partial charge >= 0.3 is 0 Å². The number of hydrogen-bond donors (Lipinski definition) is 0. The van der Waals surface area contributed by atoms with Crippen LogP contribution in [0.1, 0.15) is 27.2 Å². The maximum absolute atomic E-state index is 11.3. The Bertz CT molecular complexity index is 231. The maximum atomic E-state index is 11.3. The first-order chi connectivity index (χ1) is 5.63. The van der Waals surface area contributed by atoms with Crippen molar-refractivity contribution in [3.63, 3.8) is 0 Å². The molecule has 0 rings (SSSR count). The highest BCUT2D eigenvalue weighted by Crippen LogP contribution is 2.10. The number of ketones is 1. The Balaban J connectivity index is 4.66. The lowest BCUT2D eigenvalue weighted by Gasteiger charge is -2.01. The zero-order valence-corrected chi connectivity index (χ0v) is 8.05. The number of hydrogen-bond acceptors (Lipinski definition) is 1. The Labute approximate surface area is 74.5 Å². The third-order valence-corrected chi connectivity index (χ3v) is 1.54. The van der Waals surface area contributed by atoms with E-state index in [1.54, 1.807) is 0 Å². The SMILES string of the molecule is C=C(C)/C(=C\C=C/C)C(=O)CC. The standard InChI is InChI=1S/C11H16O/c1-5-7-8-10(9(3)4)11(12)6-2/h5,7-8H,3,6H2,1-2,4H3/b7-5-,10-8+. The van der Waals surface area contributed by atoms with Crippen molar-refractivity contribution >= 4 is 5.78 Å². The second-order valence-electron chi connectivity index (χ2n) is 2.66. The van der Waals surface area contributed by atoms with Crippen molar-refractivity contribution in [2.24, 2.45) is 0 Å². The molecule has 0 saturated carbocycles. The van der Waals surface area contributed by atoms with Crippen molar-refractivity contribution in [1.82, 2.24) is 0 Å². The minimum absolute atomic E-state index is 0.153. The van der Waals surface area contributed by atoms with E-state index in [0.29, 0.717) is 6.42 Å². The quantitative estimate of drug-likeness (QED) is 0.461. The van der Waals surface area contributed by atoms with Crippen LogP contribution in [-0.4, -0.2) is 5.78 Å². The summed E-state index contributed by atoms with van der Waals surface area (Å²) in [5, 5.41) is 0. The fourth-order valence-electron chi connectivity index (χ4n) is 0.856. The van der Waals surface area contributed by atoms with E-state index in [1.807, 2.05) is 39.0 Å². The lowest BCUT2D eigenvalue weighted by molar-refractivity contribution is -0.115. The Hall–Kier alpha value is -1.11. The molecule has 0 spiro atoms. The third-order valence-electron chi connectivity index (χ3n) is 1.54. The van der Waals surface area contributed by atoms with Crippen LogP contribution in [0.5, 0.6) is 0 Å². The van der Waals surface area contributed by atoms with Crippen LogP contribution in [0.3, 0.4) is 0 Å². The van der Waals surface area contributed by atoms with Gasteiger partial charge < -0.3 is 0 Å². The van der Waals surface area contributed by atoms with Gasteiger partial charge in [-0.25, -0.2) is 0 Å². The highest BCUT2D eigenvalue weighted by molar-refractivity contribution is 5.99. The molecule has 0 radical (unpaired) electrons. The molecule has 0 aromatic carbocycles. The molecule has 0 saturated heterocycles. The summed E-state index contributed by atoms with van der Waals surface area (Å²) >= 11 is 0. The molecule has 0 aliphatic rings. The number of carbonyl (C=O) groups excluding carboxylic acids is 1. The average Bonchev–Trinajstić information content (AvgIpc) is 2.04. The molecule has 0 amide bonds. The van der Waals surface area contributed by atoms with Crippen molar-refractivity contribution in [3.8, 4) is 0 Å². The molecular formula is C11H16O. The van der Waals surface area contributed by atoms with Crippen LogP contribution >= 0.6 is 0 Å². The van der Waals surface area contributed by atoms with E-state index in [2.05, 4.69) is 6.58 Å². The van der Waals surface area contributed by atoms with E-state index in [0.717, 1.165) is 11.1 Å². The zero-order valence-electron chi connectivity index (χ0n) is 8.05. The van der Waals surface area contributed by atoms with Crippen molar-refractivity contribution in [2.45, 2.75) is 27.2 Å². The lowest BCUT2D eigenvalue weighted by atomic mass is 10.0. The van der Waals surface area contributed by atoms with Gasteiger partial charge in [0.25, 0.3) is 0 Å². The first-order valence-corrected chi connectivity index (χ1v) is 4.15. The van der Waals surface area contributed by atoms with Crippen LogP contribution in [0.25, 0.3) is 0 Å². The lowest BCUT2D eigenvalue weighted by Crippen LogP contribution is -2.00. The molecule has 1 nitrogen and oxygen atoms in total. The smallest absolute Gasteiger partial charge is 0.162 e. The molecule has 0 fully saturated rings. The molecule has 0 aromatic heterocycles. The molecule has 66 valence electrons. The normalized spacial score (nSPS) is 12.1. The van der Waals surface area contributed by atoms with E-state index < -0.39 is 0 Å². The molecule has 0 aliphatic carbocycles. The number of carbonyl (C=O) groups is 1. The first-order valence-electron chi connectivity index (χ1n) is 4.15. The number of rotatable bonds is 4. The van der Waals surface area contributed by atoms with Gasteiger partial charge in [0.15, 0.2) is 5.78 Å². The summed E-state index contributed by atoms with van der Waals surface area (Å²) in [6, 6.07) is 0. The predicted octanol–water partition coefficient (Wildman–Crippen LogP) is 3.04. The van der Waals surface area contributed by atoms with Crippen LogP contribution < -0.4 is 0 Å². The molecule has 0 aliphatic heterocycles. The van der Waals surface area contributed by atoms with Crippen LogP contribution in [0.4, 0.5) is 0 Å². The Morgan fingerprint density at radius 3 is 2.42 bits per heavy atom. The van der Waals surface area contributed by atoms with Gasteiger partial charge in [0.05, 0.1) is 0 Å². The van der Waals surface area contributed by atoms with E-state index in [9.17, 15) is 4.79 Å². The van der Waals surface area contributed by atoms with Crippen molar-refractivity contribution in [3.05, 3.63) is 36.0 Å². The van der Waals surface area contributed by atoms with E-state index in [-0.39, 0.29) is 5.78 Å². The summed E-state index contributed by atoms with van der Waals surface area (Å²) < 4.78 is 0. The molecule has 0 unspecified atom stereocenters. The van der Waals surface area contributed by atoms with Gasteiger partial charge in [-0.2, -0.15) is 0 Å². The first kappa shape index (κ1) is 10.9. The molecule has 0 aromatic rings. The maximum Gasteiger partial charge on any atom is 0.162 e. The second-order valence-corrected chi connectivity index (χ2v) is 2.66. The minimum atomic E-state index is 0.153. The predicted molar refractivity (Wildman–Crippen MR) is 53.0 cm³/mol. The highest BCUT2D eigenvalue weighted by atomic mass is 16.1.